The van der Waals surface area contributed by atoms with Crippen LogP contribution in [0, 0.1) is 0 Å². The zero-order valence-corrected chi connectivity index (χ0v) is 21.1. The van der Waals surface area contributed by atoms with Gasteiger partial charge in [-0.15, -0.1) is 0 Å². The largest absolute Gasteiger partial charge is 0.477 e. The minimum Gasteiger partial charge on any atom is -0.477 e. The van der Waals surface area contributed by atoms with Gasteiger partial charge in [0.15, 0.2) is 0 Å². The molecule has 12 nitrogen and oxygen atoms in total. The second-order valence-electron chi connectivity index (χ2n) is 8.87. The smallest absolute Gasteiger partial charge is 0.270 e. The van der Waals surface area contributed by atoms with E-state index in [0.29, 0.717) is 68.3 Å². The monoisotopic (exact) mass is 525 g/mol. The first-order valence-electron chi connectivity index (χ1n) is 12.1. The van der Waals surface area contributed by atoms with Gasteiger partial charge in [0.1, 0.15) is 5.69 Å². The van der Waals surface area contributed by atoms with Crippen LogP contribution in [0.1, 0.15) is 48.8 Å². The van der Waals surface area contributed by atoms with E-state index >= 15 is 0 Å². The lowest BCUT2D eigenvalue weighted by Crippen LogP contribution is -2.50. The molecule has 0 bridgehead atoms. The molecule has 5 rings (SSSR count). The molecule has 1 saturated carbocycles. The van der Waals surface area contributed by atoms with Gasteiger partial charge in [0, 0.05) is 31.2 Å². The van der Waals surface area contributed by atoms with Crippen LogP contribution >= 0.6 is 0 Å². The maximum absolute atomic E-state index is 13.3. The minimum atomic E-state index is -3.52. The van der Waals surface area contributed by atoms with Gasteiger partial charge in [-0.1, -0.05) is 0 Å². The van der Waals surface area contributed by atoms with E-state index in [0.717, 1.165) is 0 Å². The second-order valence-corrected chi connectivity index (χ2v) is 10.8. The quantitative estimate of drug-likeness (QED) is 0.423. The van der Waals surface area contributed by atoms with Gasteiger partial charge in [-0.05, 0) is 50.8 Å². The molecule has 13 heteroatoms. The van der Waals surface area contributed by atoms with Gasteiger partial charge < -0.3 is 14.8 Å². The number of nitrogens with one attached hydrogen (secondary N) is 2. The van der Waals surface area contributed by atoms with Crippen molar-refractivity contribution in [2.75, 3.05) is 24.5 Å². The zero-order chi connectivity index (χ0) is 25.9. The lowest BCUT2D eigenvalue weighted by molar-refractivity contribution is 0.0329. The number of anilines is 1. The third-order valence-corrected chi connectivity index (χ3v) is 8.05. The van der Waals surface area contributed by atoms with Crippen LogP contribution in [0.2, 0.25) is 0 Å². The van der Waals surface area contributed by atoms with Crippen LogP contribution < -0.4 is 14.8 Å². The number of aromatic nitrogens is 5. The molecule has 37 heavy (non-hydrogen) atoms. The summed E-state index contributed by atoms with van der Waals surface area (Å²) in [6, 6.07) is 5.04. The molecule has 0 atom stereocenters. The Morgan fingerprint density at radius 2 is 1.92 bits per heavy atom. The maximum atomic E-state index is 13.3. The van der Waals surface area contributed by atoms with Gasteiger partial charge in [-0.2, -0.15) is 0 Å². The predicted molar refractivity (Wildman–Crippen MR) is 133 cm³/mol. The van der Waals surface area contributed by atoms with Crippen molar-refractivity contribution in [1.29, 1.82) is 0 Å². The highest BCUT2D eigenvalue weighted by Gasteiger charge is 2.39. The second kappa shape index (κ2) is 10.3. The van der Waals surface area contributed by atoms with Gasteiger partial charge in [-0.3, -0.25) is 19.5 Å². The highest BCUT2D eigenvalue weighted by Crippen LogP contribution is 2.33. The molecule has 0 aromatic carbocycles. The third kappa shape index (κ3) is 5.67. The van der Waals surface area contributed by atoms with E-state index in [2.05, 4.69) is 35.0 Å². The van der Waals surface area contributed by atoms with Crippen LogP contribution in [0.5, 0.6) is 5.88 Å². The molecule has 0 unspecified atom stereocenters. The Bertz CT molecular complexity index is 1370. The van der Waals surface area contributed by atoms with Crippen LogP contribution in [0.15, 0.2) is 43.0 Å². The Balaban J connectivity index is 1.36. The fourth-order valence-electron chi connectivity index (χ4n) is 4.09. The van der Waals surface area contributed by atoms with Crippen LogP contribution in [-0.2, 0) is 20.3 Å². The molecule has 1 aliphatic heterocycles. The number of hydrogen-bond acceptors (Lipinski definition) is 10. The molecule has 0 radical (unpaired) electrons. The van der Waals surface area contributed by atoms with Gasteiger partial charge in [0.25, 0.3) is 5.91 Å². The molecule has 3 aromatic rings. The fraction of sp³-hybridized carbons (Fsp3) is 0.417. The number of hydrogen-bond donors (Lipinski definition) is 2. The van der Waals surface area contributed by atoms with Crippen molar-refractivity contribution in [2.45, 2.75) is 43.4 Å². The van der Waals surface area contributed by atoms with Crippen molar-refractivity contribution in [3.05, 3.63) is 54.4 Å². The van der Waals surface area contributed by atoms with Gasteiger partial charge >= 0.3 is 0 Å². The van der Waals surface area contributed by atoms with Crippen molar-refractivity contribution in [1.82, 2.24) is 30.2 Å². The van der Waals surface area contributed by atoms with Crippen molar-refractivity contribution < 1.29 is 22.7 Å². The van der Waals surface area contributed by atoms with E-state index in [-0.39, 0.29) is 17.5 Å². The lowest BCUT2D eigenvalue weighted by Gasteiger charge is -2.37. The van der Waals surface area contributed by atoms with E-state index in [1.54, 1.807) is 30.6 Å². The summed E-state index contributed by atoms with van der Waals surface area (Å²) in [6.07, 6.45) is 8.35. The van der Waals surface area contributed by atoms with E-state index in [9.17, 15) is 13.2 Å². The predicted octanol–water partition coefficient (Wildman–Crippen LogP) is 2.07. The Morgan fingerprint density at radius 3 is 2.62 bits per heavy atom. The summed E-state index contributed by atoms with van der Waals surface area (Å²) in [5, 5.41) is 2.67. The number of rotatable bonds is 9. The third-order valence-electron chi connectivity index (χ3n) is 6.24. The minimum absolute atomic E-state index is 0.0117. The standard InChI is InChI=1S/C24H27N7O5S/c1-2-36-21-15-25-14-19(28-21)16-3-6-18(27-13-16)22(32)30-24(8-11-35-12-9-24)20-7-10-26-23(29-20)31-37(33,34)17-4-5-17/h3,6-7,10,13-15,17H,2,4-5,8-9,11-12H2,1H3,(H,30,32)(H,26,29,31). The molecular formula is C24H27N7O5S. The summed E-state index contributed by atoms with van der Waals surface area (Å²) in [7, 11) is -3.52. The number of carbonyl (C=O) groups excluding carboxylic acids is 1. The number of sulfonamides is 1. The molecule has 1 saturated heterocycles. The molecular weight excluding hydrogens is 498 g/mol. The first-order valence-corrected chi connectivity index (χ1v) is 13.6. The normalized spacial score (nSPS) is 17.1. The van der Waals surface area contributed by atoms with Gasteiger partial charge in [-0.25, -0.2) is 23.4 Å². The molecule has 1 aliphatic carbocycles. The topological polar surface area (TPSA) is 158 Å². The van der Waals surface area contributed by atoms with Crippen LogP contribution in [-0.4, -0.2) is 64.3 Å². The maximum Gasteiger partial charge on any atom is 0.270 e. The Morgan fingerprint density at radius 1 is 1.11 bits per heavy atom. The number of nitrogens with zero attached hydrogens (tertiary/aromatic N) is 5. The molecule has 194 valence electrons. The number of pyridine rings is 1. The Kier molecular flexibility index (Phi) is 6.98. The lowest BCUT2D eigenvalue weighted by atomic mass is 9.86. The summed E-state index contributed by atoms with van der Waals surface area (Å²) in [4.78, 5) is 34.7. The van der Waals surface area contributed by atoms with Crippen LogP contribution in [0.4, 0.5) is 5.95 Å². The molecule has 4 heterocycles. The summed E-state index contributed by atoms with van der Waals surface area (Å²) in [5.74, 6) is 0.00984. The van der Waals surface area contributed by atoms with Crippen molar-refractivity contribution in [2.24, 2.45) is 0 Å². The van der Waals surface area contributed by atoms with Crippen molar-refractivity contribution in [3.63, 3.8) is 0 Å². The van der Waals surface area contributed by atoms with Gasteiger partial charge in [0.2, 0.25) is 21.9 Å². The molecule has 2 fully saturated rings. The van der Waals surface area contributed by atoms with E-state index in [1.165, 1.54) is 12.4 Å². The highest BCUT2D eigenvalue weighted by molar-refractivity contribution is 7.93. The first-order chi connectivity index (χ1) is 17.9. The number of amides is 1. The average Bonchev–Trinajstić information content (AvgIpc) is 3.76. The van der Waals surface area contributed by atoms with Crippen molar-refractivity contribution >= 4 is 21.9 Å². The van der Waals surface area contributed by atoms with Gasteiger partial charge in [0.05, 0.1) is 41.2 Å². The molecule has 2 aliphatic rings. The summed E-state index contributed by atoms with van der Waals surface area (Å²) in [5.41, 5.74) is 1.12. The van der Waals surface area contributed by atoms with E-state index in [4.69, 9.17) is 9.47 Å². The SMILES string of the molecule is CCOc1cncc(-c2ccc(C(=O)NC3(c4ccnc(NS(=O)(=O)C5CC5)n4)CCOCC3)nc2)n1. The van der Waals surface area contributed by atoms with E-state index in [1.807, 2.05) is 6.92 Å². The average molecular weight is 526 g/mol. The molecule has 3 aromatic heterocycles. The molecule has 2 N–H and O–H groups in total. The summed E-state index contributed by atoms with van der Waals surface area (Å²) < 4.78 is 38.1. The first kappa shape index (κ1) is 25.0. The Hall–Kier alpha value is -3.71. The summed E-state index contributed by atoms with van der Waals surface area (Å²) in [6.45, 7) is 3.16. The van der Waals surface area contributed by atoms with Crippen LogP contribution in [0.25, 0.3) is 11.3 Å². The number of carbonyl (C=O) groups is 1. The molecule has 1 amide bonds. The van der Waals surface area contributed by atoms with Crippen molar-refractivity contribution in [3.8, 4) is 17.1 Å². The van der Waals surface area contributed by atoms with E-state index < -0.39 is 20.8 Å². The summed E-state index contributed by atoms with van der Waals surface area (Å²) >= 11 is 0. The number of ether oxygens (including phenoxy) is 2. The Labute approximate surface area is 214 Å². The van der Waals surface area contributed by atoms with Crippen LogP contribution in [0.3, 0.4) is 0 Å². The zero-order valence-electron chi connectivity index (χ0n) is 20.3. The highest BCUT2D eigenvalue weighted by atomic mass is 32.2. The molecule has 0 spiro atoms. The fourth-order valence-corrected chi connectivity index (χ4v) is 5.37.